The second-order valence-corrected chi connectivity index (χ2v) is 20.0. The Labute approximate surface area is 447 Å². The summed E-state index contributed by atoms with van der Waals surface area (Å²) in [5, 5.41) is 21.0. The monoisotopic (exact) mass is 993 g/mol. The van der Waals surface area contributed by atoms with Crippen molar-refractivity contribution in [3.63, 3.8) is 0 Å². The van der Waals surface area contributed by atoms with Gasteiger partial charge in [-0.3, -0.25) is 0 Å². The summed E-state index contributed by atoms with van der Waals surface area (Å²) in [5.74, 6) is 0.613. The van der Waals surface area contributed by atoms with Crippen LogP contribution in [0.1, 0.15) is 5.56 Å². The third-order valence-corrected chi connectivity index (χ3v) is 15.8. The van der Waals surface area contributed by atoms with Gasteiger partial charge in [0.25, 0.3) is 0 Å². The number of nitrogens with zero attached hydrogens (tertiary/aromatic N) is 7. The van der Waals surface area contributed by atoms with Gasteiger partial charge in [-0.2, -0.15) is 5.26 Å². The quantitative estimate of drug-likeness (QED) is 0.160. The second-order valence-electron chi connectivity index (χ2n) is 20.0. The zero-order chi connectivity index (χ0) is 51.4. The van der Waals surface area contributed by atoms with Crippen molar-refractivity contribution in [3.8, 4) is 62.7 Å². The van der Waals surface area contributed by atoms with Gasteiger partial charge < -0.3 is 18.3 Å². The predicted octanol–water partition coefficient (Wildman–Crippen LogP) is 17.7. The first kappa shape index (κ1) is 43.6. The van der Waals surface area contributed by atoms with Crippen molar-refractivity contribution in [2.75, 3.05) is 0 Å². The lowest BCUT2D eigenvalue weighted by molar-refractivity contribution is 1.11. The van der Waals surface area contributed by atoms with E-state index in [1.807, 2.05) is 36.4 Å². The Hall–Kier alpha value is -10.8. The minimum atomic E-state index is 0.531. The van der Waals surface area contributed by atoms with Gasteiger partial charge in [0.2, 0.25) is 0 Å². The Kier molecular flexibility index (Phi) is 9.56. The van der Waals surface area contributed by atoms with Crippen LogP contribution in [0.3, 0.4) is 0 Å². The average molecular weight is 994 g/mol. The van der Waals surface area contributed by atoms with E-state index in [4.69, 9.17) is 9.97 Å². The lowest BCUT2D eigenvalue weighted by Gasteiger charge is -2.19. The fourth-order valence-electron chi connectivity index (χ4n) is 12.4. The summed E-state index contributed by atoms with van der Waals surface area (Å²) in [5.41, 5.74) is 16.9. The molecule has 0 aliphatic rings. The molecule has 0 unspecified atom stereocenters. The number of fused-ring (bicyclic) bond motifs is 12. The molecule has 362 valence electrons. The van der Waals surface area contributed by atoms with Crippen molar-refractivity contribution in [1.29, 1.82) is 5.26 Å². The Bertz CT molecular complexity index is 4820. The van der Waals surface area contributed by atoms with Crippen molar-refractivity contribution < 1.29 is 0 Å². The van der Waals surface area contributed by atoms with Crippen LogP contribution in [-0.2, 0) is 0 Å². The SMILES string of the molecule is N#Cc1c(-n2c3ccccc3c3cc4c(cc32)c2ccccc2n4-c2ccccc2)cc(-c2cc(-c3ccccc3)nc(-c3ccccc3)n2)cc1-n1c2ccccc2c2cc3c(cc21)c1ccccc1n3-c1ccccc1. The number of aromatic nitrogens is 6. The number of para-hydroxylation sites is 6. The summed E-state index contributed by atoms with van der Waals surface area (Å²) in [4.78, 5) is 10.7. The molecule has 11 aromatic carbocycles. The second kappa shape index (κ2) is 17.1. The molecule has 0 radical (unpaired) electrons. The predicted molar refractivity (Wildman–Crippen MR) is 320 cm³/mol. The highest BCUT2D eigenvalue weighted by Gasteiger charge is 2.26. The maximum atomic E-state index is 12.1. The van der Waals surface area contributed by atoms with Crippen LogP contribution in [0.15, 0.2) is 261 Å². The fraction of sp³-hybridized carbons (Fsp3) is 0. The number of hydrogen-bond acceptors (Lipinski definition) is 3. The fourth-order valence-corrected chi connectivity index (χ4v) is 12.4. The highest BCUT2D eigenvalue weighted by atomic mass is 15.0. The molecule has 0 atom stereocenters. The average Bonchev–Trinajstić information content (AvgIpc) is 4.41. The summed E-state index contributed by atoms with van der Waals surface area (Å²) < 4.78 is 9.38. The molecule has 0 aliphatic heterocycles. The van der Waals surface area contributed by atoms with Crippen LogP contribution in [0.2, 0.25) is 0 Å². The highest BCUT2D eigenvalue weighted by Crippen LogP contribution is 2.45. The van der Waals surface area contributed by atoms with Crippen LogP contribution in [0.5, 0.6) is 0 Å². The molecule has 0 fully saturated rings. The maximum Gasteiger partial charge on any atom is 0.160 e. The third-order valence-electron chi connectivity index (χ3n) is 15.8. The molecule has 0 saturated heterocycles. The molecule has 0 saturated carbocycles. The largest absolute Gasteiger partial charge is 0.309 e. The van der Waals surface area contributed by atoms with Gasteiger partial charge in [0.15, 0.2) is 5.82 Å². The summed E-state index contributed by atoms with van der Waals surface area (Å²) in [7, 11) is 0. The highest BCUT2D eigenvalue weighted by molar-refractivity contribution is 6.21. The summed E-state index contributed by atoms with van der Waals surface area (Å²) in [6.07, 6.45) is 0. The molecule has 5 heterocycles. The van der Waals surface area contributed by atoms with Crippen LogP contribution in [0.25, 0.3) is 144 Å². The lowest BCUT2D eigenvalue weighted by Crippen LogP contribution is -2.06. The Morgan fingerprint density at radius 3 is 0.987 bits per heavy atom. The van der Waals surface area contributed by atoms with Crippen LogP contribution in [-0.4, -0.2) is 28.2 Å². The number of hydrogen-bond donors (Lipinski definition) is 0. The molecule has 7 heteroatoms. The Morgan fingerprint density at radius 2 is 0.590 bits per heavy atom. The number of benzene rings is 11. The van der Waals surface area contributed by atoms with E-state index < -0.39 is 0 Å². The first-order valence-electron chi connectivity index (χ1n) is 26.3. The summed E-state index contributed by atoms with van der Waals surface area (Å²) in [6.45, 7) is 0. The zero-order valence-corrected chi connectivity index (χ0v) is 42.0. The first-order chi connectivity index (χ1) is 38.7. The maximum absolute atomic E-state index is 12.1. The Morgan fingerprint density at radius 1 is 0.269 bits per heavy atom. The zero-order valence-electron chi connectivity index (χ0n) is 42.0. The van der Waals surface area contributed by atoms with Crippen molar-refractivity contribution in [3.05, 3.63) is 266 Å². The molecular formula is C71H43N7. The van der Waals surface area contributed by atoms with E-state index in [1.54, 1.807) is 0 Å². The topological polar surface area (TPSA) is 69.3 Å². The van der Waals surface area contributed by atoms with E-state index in [2.05, 4.69) is 249 Å². The van der Waals surface area contributed by atoms with Crippen LogP contribution in [0.4, 0.5) is 0 Å². The van der Waals surface area contributed by atoms with Gasteiger partial charge in [-0.15, -0.1) is 0 Å². The molecule has 0 spiro atoms. The van der Waals surface area contributed by atoms with Gasteiger partial charge in [-0.1, -0.05) is 170 Å². The van der Waals surface area contributed by atoms with Gasteiger partial charge >= 0.3 is 0 Å². The standard InChI is InChI=1S/C71H43N7/c72-44-58-65(77-63-35-19-15-31-52(63)56-39-67-54(41-69(56)77)50-29-13-17-33-61(50)75(67)48-25-9-3-10-26-48)37-47(60-43-59(45-21-5-1-6-22-45)73-71(74-60)46-23-7-2-8-24-46)38-66(58)78-64-36-20-16-32-53(64)57-40-68-55(42-70(57)78)51-30-14-18-34-62(51)76(68)49-27-11-4-12-28-49/h1-43H. The van der Waals surface area contributed by atoms with Crippen molar-refractivity contribution in [1.82, 2.24) is 28.2 Å². The molecule has 78 heavy (non-hydrogen) atoms. The molecular weight excluding hydrogens is 951 g/mol. The molecule has 0 amide bonds. The first-order valence-corrected chi connectivity index (χ1v) is 26.3. The summed E-state index contributed by atoms with van der Waals surface area (Å²) >= 11 is 0. The van der Waals surface area contributed by atoms with Crippen molar-refractivity contribution in [2.24, 2.45) is 0 Å². The molecule has 5 aromatic heterocycles. The van der Waals surface area contributed by atoms with E-state index in [0.717, 1.165) is 138 Å². The molecule has 0 aliphatic carbocycles. The van der Waals surface area contributed by atoms with Crippen LogP contribution >= 0.6 is 0 Å². The van der Waals surface area contributed by atoms with E-state index in [-0.39, 0.29) is 0 Å². The lowest BCUT2D eigenvalue weighted by atomic mass is 10.0. The van der Waals surface area contributed by atoms with Crippen molar-refractivity contribution in [2.45, 2.75) is 0 Å². The number of rotatable bonds is 7. The van der Waals surface area contributed by atoms with E-state index in [9.17, 15) is 5.26 Å². The third kappa shape index (κ3) is 6.51. The smallest absolute Gasteiger partial charge is 0.160 e. The van der Waals surface area contributed by atoms with E-state index in [1.165, 1.54) is 0 Å². The Balaban J connectivity index is 1.05. The van der Waals surface area contributed by atoms with Gasteiger partial charge in [0, 0.05) is 71.2 Å². The van der Waals surface area contributed by atoms with Crippen molar-refractivity contribution >= 4 is 87.2 Å². The molecule has 16 rings (SSSR count). The van der Waals surface area contributed by atoms with Gasteiger partial charge in [-0.25, -0.2) is 9.97 Å². The molecule has 0 N–H and O–H groups in total. The van der Waals surface area contributed by atoms with Crippen LogP contribution in [0, 0.1) is 11.3 Å². The van der Waals surface area contributed by atoms with Gasteiger partial charge in [-0.05, 0) is 91.0 Å². The molecule has 0 bridgehead atoms. The molecule has 16 aromatic rings. The van der Waals surface area contributed by atoms with Crippen LogP contribution < -0.4 is 0 Å². The molecule has 7 nitrogen and oxygen atoms in total. The normalized spacial score (nSPS) is 11.8. The van der Waals surface area contributed by atoms with Gasteiger partial charge in [0.1, 0.15) is 11.6 Å². The van der Waals surface area contributed by atoms with E-state index in [0.29, 0.717) is 11.4 Å². The summed E-state index contributed by atoms with van der Waals surface area (Å²) in [6, 6.07) is 94.9. The van der Waals surface area contributed by atoms with E-state index >= 15 is 0 Å². The minimum Gasteiger partial charge on any atom is -0.309 e. The number of nitriles is 1. The minimum absolute atomic E-state index is 0.531. The van der Waals surface area contributed by atoms with Gasteiger partial charge in [0.05, 0.1) is 66.9 Å².